The maximum atomic E-state index is 2.75. The van der Waals surface area contributed by atoms with Crippen LogP contribution < -0.4 is 0 Å². The summed E-state index contributed by atoms with van der Waals surface area (Å²) in [4.78, 5) is 0. The zero-order valence-corrected chi connectivity index (χ0v) is 18.4. The van der Waals surface area contributed by atoms with Crippen molar-refractivity contribution in [1.82, 2.24) is 0 Å². The Morgan fingerprint density at radius 2 is 1.70 bits per heavy atom. The fourth-order valence-electron chi connectivity index (χ4n) is 9.14. The molecule has 0 N–H and O–H groups in total. The summed E-state index contributed by atoms with van der Waals surface area (Å²) >= 11 is 0. The smallest absolute Gasteiger partial charge is 0.0177 e. The molecule has 0 radical (unpaired) electrons. The average Bonchev–Trinajstić information content (AvgIpc) is 3.40. The quantitative estimate of drug-likeness (QED) is 0.431. The number of rotatable bonds is 5. The summed E-state index contributed by atoms with van der Waals surface area (Å²) in [6.07, 6.45) is 24.8. The van der Waals surface area contributed by atoms with Gasteiger partial charge in [-0.1, -0.05) is 65.0 Å². The van der Waals surface area contributed by atoms with Crippen molar-refractivity contribution >= 4 is 0 Å². The molecule has 0 aromatic carbocycles. The Kier molecular flexibility index (Phi) is 4.80. The van der Waals surface area contributed by atoms with E-state index in [0.717, 1.165) is 41.4 Å². The fraction of sp³-hybridized carbons (Fsp3) is 0.926. The molecule has 5 aliphatic rings. The first kappa shape index (κ1) is 18.7. The van der Waals surface area contributed by atoms with E-state index in [1.807, 2.05) is 0 Å². The van der Waals surface area contributed by atoms with Gasteiger partial charge >= 0.3 is 0 Å². The van der Waals surface area contributed by atoms with Crippen LogP contribution in [0.4, 0.5) is 0 Å². The van der Waals surface area contributed by atoms with Gasteiger partial charge in [0, 0.05) is 0 Å². The third-order valence-electron chi connectivity index (χ3n) is 10.9. The molecule has 8 atom stereocenters. The van der Waals surface area contributed by atoms with Gasteiger partial charge in [0.05, 0.1) is 0 Å². The molecule has 4 saturated carbocycles. The van der Waals surface area contributed by atoms with E-state index < -0.39 is 0 Å². The van der Waals surface area contributed by atoms with E-state index in [0.29, 0.717) is 10.8 Å². The van der Waals surface area contributed by atoms with Gasteiger partial charge in [0.15, 0.2) is 0 Å². The van der Waals surface area contributed by atoms with Gasteiger partial charge in [-0.3, -0.25) is 0 Å². The predicted octanol–water partition coefficient (Wildman–Crippen LogP) is 8.03. The first-order valence-corrected chi connectivity index (χ1v) is 12.7. The first-order chi connectivity index (χ1) is 13.0. The van der Waals surface area contributed by atoms with Gasteiger partial charge in [0.25, 0.3) is 0 Å². The van der Waals surface area contributed by atoms with E-state index in [4.69, 9.17) is 0 Å². The highest BCUT2D eigenvalue weighted by molar-refractivity contribution is 5.13. The third kappa shape index (κ3) is 3.07. The van der Waals surface area contributed by atoms with Crippen molar-refractivity contribution in [3.63, 3.8) is 0 Å². The molecule has 0 aromatic rings. The van der Waals surface area contributed by atoms with Crippen LogP contribution in [0.15, 0.2) is 12.2 Å². The molecule has 1 unspecified atom stereocenters. The van der Waals surface area contributed by atoms with Crippen molar-refractivity contribution in [2.75, 3.05) is 0 Å². The second-order valence-corrected chi connectivity index (χ2v) is 12.1. The second kappa shape index (κ2) is 6.91. The van der Waals surface area contributed by atoms with Crippen LogP contribution >= 0.6 is 0 Å². The Labute approximate surface area is 169 Å². The van der Waals surface area contributed by atoms with Crippen LogP contribution in [0.2, 0.25) is 0 Å². The highest BCUT2D eigenvalue weighted by Gasteiger charge is 2.59. The molecule has 0 aromatic heterocycles. The topological polar surface area (TPSA) is 0 Å². The normalized spacial score (nSPS) is 50.0. The van der Waals surface area contributed by atoms with Crippen molar-refractivity contribution in [1.29, 1.82) is 0 Å². The maximum Gasteiger partial charge on any atom is -0.0177 e. The minimum absolute atomic E-state index is 0.632. The number of hydrogen-bond donors (Lipinski definition) is 0. The van der Waals surface area contributed by atoms with Gasteiger partial charge in [-0.2, -0.15) is 0 Å². The van der Waals surface area contributed by atoms with E-state index in [2.05, 4.69) is 32.9 Å². The van der Waals surface area contributed by atoms with E-state index >= 15 is 0 Å². The lowest BCUT2D eigenvalue weighted by Gasteiger charge is -2.60. The number of fused-ring (bicyclic) bond motifs is 5. The highest BCUT2D eigenvalue weighted by Crippen LogP contribution is 2.67. The van der Waals surface area contributed by atoms with Crippen LogP contribution in [0.25, 0.3) is 0 Å². The summed E-state index contributed by atoms with van der Waals surface area (Å²) in [5, 5.41) is 0. The summed E-state index contributed by atoms with van der Waals surface area (Å²) < 4.78 is 0. The molecule has 0 heterocycles. The zero-order valence-electron chi connectivity index (χ0n) is 18.4. The lowest BCUT2D eigenvalue weighted by atomic mass is 9.45. The highest BCUT2D eigenvalue weighted by atomic mass is 14.6. The molecule has 5 aliphatic carbocycles. The van der Waals surface area contributed by atoms with Gasteiger partial charge in [-0.15, -0.1) is 0 Å². The van der Waals surface area contributed by atoms with E-state index in [1.165, 1.54) is 57.8 Å². The van der Waals surface area contributed by atoms with Gasteiger partial charge < -0.3 is 0 Å². The van der Waals surface area contributed by atoms with Crippen molar-refractivity contribution in [3.8, 4) is 0 Å². The monoisotopic (exact) mass is 368 g/mol. The largest absolute Gasteiger partial charge is 0.0882 e. The molecule has 0 amide bonds. The SMILES string of the molecule is C[C@H](CCCC1CC1)[C@H]1CC[C@H]2[C@@H]3CCC4C=CCC[C@]4(C)[C@H]3CC[C@]12C. The minimum Gasteiger partial charge on any atom is -0.0882 e. The molecular formula is C27H44. The zero-order chi connectivity index (χ0) is 18.6. The number of hydrogen-bond acceptors (Lipinski definition) is 0. The standard InChI is InChI=1S/C27H44/c1-19(7-6-8-20-10-11-20)23-14-15-24-22-13-12-21-9-4-5-17-26(21,2)25(22)16-18-27(23,24)3/h4,9,19-25H,5-8,10-18H2,1-3H3/t19-,21?,22+,23-,24+,25+,26+,27-/m1/s1. The molecule has 0 heteroatoms. The Morgan fingerprint density at radius 3 is 2.52 bits per heavy atom. The summed E-state index contributed by atoms with van der Waals surface area (Å²) in [7, 11) is 0. The fourth-order valence-corrected chi connectivity index (χ4v) is 9.14. The third-order valence-corrected chi connectivity index (χ3v) is 10.9. The van der Waals surface area contributed by atoms with Gasteiger partial charge in [-0.05, 0) is 104 Å². The van der Waals surface area contributed by atoms with Crippen LogP contribution in [0, 0.1) is 52.3 Å². The van der Waals surface area contributed by atoms with Crippen molar-refractivity contribution in [2.45, 2.75) is 104 Å². The molecule has 27 heavy (non-hydrogen) atoms. The molecule has 152 valence electrons. The van der Waals surface area contributed by atoms with Crippen LogP contribution in [0.3, 0.4) is 0 Å². The van der Waals surface area contributed by atoms with E-state index in [-0.39, 0.29) is 0 Å². The Hall–Kier alpha value is -0.260. The van der Waals surface area contributed by atoms with Gasteiger partial charge in [0.2, 0.25) is 0 Å². The van der Waals surface area contributed by atoms with E-state index in [9.17, 15) is 0 Å². The van der Waals surface area contributed by atoms with Crippen molar-refractivity contribution in [2.24, 2.45) is 52.3 Å². The second-order valence-electron chi connectivity index (χ2n) is 12.1. The molecule has 0 spiro atoms. The van der Waals surface area contributed by atoms with Gasteiger partial charge in [0.1, 0.15) is 0 Å². The van der Waals surface area contributed by atoms with Crippen LogP contribution in [0.5, 0.6) is 0 Å². The molecule has 0 saturated heterocycles. The maximum absolute atomic E-state index is 2.75. The van der Waals surface area contributed by atoms with Crippen molar-refractivity contribution < 1.29 is 0 Å². The molecule has 0 bridgehead atoms. The molecular weight excluding hydrogens is 324 g/mol. The summed E-state index contributed by atoms with van der Waals surface area (Å²) in [6, 6.07) is 0. The minimum atomic E-state index is 0.632. The van der Waals surface area contributed by atoms with Crippen LogP contribution in [-0.4, -0.2) is 0 Å². The molecule has 0 nitrogen and oxygen atoms in total. The average molecular weight is 369 g/mol. The lowest BCUT2D eigenvalue weighted by molar-refractivity contribution is -0.0955. The molecule has 4 fully saturated rings. The molecule has 5 rings (SSSR count). The summed E-state index contributed by atoms with van der Waals surface area (Å²) in [6.45, 7) is 8.06. The van der Waals surface area contributed by atoms with Crippen LogP contribution in [0.1, 0.15) is 104 Å². The summed E-state index contributed by atoms with van der Waals surface area (Å²) in [5.41, 5.74) is 1.31. The van der Waals surface area contributed by atoms with Gasteiger partial charge in [-0.25, -0.2) is 0 Å². The van der Waals surface area contributed by atoms with E-state index in [1.54, 1.807) is 25.7 Å². The summed E-state index contributed by atoms with van der Waals surface area (Å²) in [5.74, 6) is 7.16. The first-order valence-electron chi connectivity index (χ1n) is 12.7. The number of allylic oxidation sites excluding steroid dienone is 2. The lowest BCUT2D eigenvalue weighted by Crippen LogP contribution is -2.52. The predicted molar refractivity (Wildman–Crippen MR) is 115 cm³/mol. The van der Waals surface area contributed by atoms with Crippen LogP contribution in [-0.2, 0) is 0 Å². The Bertz CT molecular complexity index is 571. The Balaban J connectivity index is 1.29. The Morgan fingerprint density at radius 1 is 0.889 bits per heavy atom. The molecule has 0 aliphatic heterocycles. The van der Waals surface area contributed by atoms with Crippen molar-refractivity contribution in [3.05, 3.63) is 12.2 Å².